The third kappa shape index (κ3) is 4.50. The van der Waals surface area contributed by atoms with E-state index in [1.54, 1.807) is 0 Å². The molecule has 0 spiro atoms. The van der Waals surface area contributed by atoms with E-state index in [1.165, 1.54) is 37.8 Å². The van der Waals surface area contributed by atoms with Gasteiger partial charge in [0.1, 0.15) is 0 Å². The second-order valence-electron chi connectivity index (χ2n) is 7.67. The van der Waals surface area contributed by atoms with Crippen molar-refractivity contribution < 1.29 is 4.79 Å². The van der Waals surface area contributed by atoms with Crippen LogP contribution in [0.5, 0.6) is 0 Å². The Balaban J connectivity index is 1.42. The van der Waals surface area contributed by atoms with Crippen LogP contribution in [0.2, 0.25) is 0 Å². The number of nitrogens with zero attached hydrogens (tertiary/aromatic N) is 2. The Hall–Kier alpha value is -1.55. The van der Waals surface area contributed by atoms with Crippen molar-refractivity contribution in [2.24, 2.45) is 11.8 Å². The number of amides is 1. The maximum atomic E-state index is 12.3. The molecule has 1 aromatic carbocycles. The van der Waals surface area contributed by atoms with Crippen LogP contribution in [0.25, 0.3) is 0 Å². The fourth-order valence-electron chi connectivity index (χ4n) is 4.19. The van der Waals surface area contributed by atoms with Crippen molar-refractivity contribution in [3.63, 3.8) is 0 Å². The van der Waals surface area contributed by atoms with Gasteiger partial charge < -0.3 is 10.2 Å². The summed E-state index contributed by atoms with van der Waals surface area (Å²) in [5.41, 5.74) is 2.33. The zero-order valence-electron chi connectivity index (χ0n) is 15.1. The van der Waals surface area contributed by atoms with Gasteiger partial charge in [0.15, 0.2) is 0 Å². The number of hydrogen-bond acceptors (Lipinski definition) is 3. The smallest absolute Gasteiger partial charge is 0.234 e. The summed E-state index contributed by atoms with van der Waals surface area (Å²) >= 11 is 0. The van der Waals surface area contributed by atoms with E-state index >= 15 is 0 Å². The molecular weight excluding hydrogens is 298 g/mol. The first-order valence-electron chi connectivity index (χ1n) is 9.37. The summed E-state index contributed by atoms with van der Waals surface area (Å²) < 4.78 is 0. The summed E-state index contributed by atoms with van der Waals surface area (Å²) in [6, 6.07) is 8.36. The lowest BCUT2D eigenvalue weighted by Gasteiger charge is -2.41. The number of fused-ring (bicyclic) bond motifs is 1. The first kappa shape index (κ1) is 17.3. The van der Waals surface area contributed by atoms with Crippen LogP contribution in [0.4, 0.5) is 5.69 Å². The van der Waals surface area contributed by atoms with Crippen molar-refractivity contribution in [3.8, 4) is 0 Å². The lowest BCUT2D eigenvalue weighted by molar-refractivity contribution is -0.123. The van der Waals surface area contributed by atoms with E-state index in [-0.39, 0.29) is 5.91 Å². The van der Waals surface area contributed by atoms with E-state index in [9.17, 15) is 4.79 Å². The highest BCUT2D eigenvalue weighted by Gasteiger charge is 2.31. The predicted molar refractivity (Wildman–Crippen MR) is 99.1 cm³/mol. The molecule has 1 N–H and O–H groups in total. The molecule has 132 valence electrons. The summed E-state index contributed by atoms with van der Waals surface area (Å²) in [6.07, 6.45) is 6.84. The summed E-state index contributed by atoms with van der Waals surface area (Å²) in [6.45, 7) is 3.38. The third-order valence-corrected chi connectivity index (χ3v) is 5.68. The van der Waals surface area contributed by atoms with Crippen LogP contribution in [0.3, 0.4) is 0 Å². The molecule has 1 aromatic rings. The van der Waals surface area contributed by atoms with E-state index in [0.29, 0.717) is 13.1 Å². The average molecular weight is 329 g/mol. The lowest BCUT2D eigenvalue weighted by atomic mass is 9.75. The van der Waals surface area contributed by atoms with E-state index in [2.05, 4.69) is 39.4 Å². The number of piperidine rings is 1. The molecule has 2 atom stereocenters. The fraction of sp³-hybridized carbons (Fsp3) is 0.650. The molecule has 4 nitrogen and oxygen atoms in total. The highest BCUT2D eigenvalue weighted by molar-refractivity contribution is 5.78. The number of likely N-dealkylation sites (tertiary alicyclic amines) is 1. The SMILES string of the molecule is CN(C)c1ccc(CNC(=O)CN2CC[C@H]3CCCC[C@@H]3C2)cc1. The predicted octanol–water partition coefficient (Wildman–Crippen LogP) is 2.88. The first-order valence-corrected chi connectivity index (χ1v) is 9.37. The molecule has 2 fully saturated rings. The van der Waals surface area contributed by atoms with Gasteiger partial charge in [-0.1, -0.05) is 31.4 Å². The van der Waals surface area contributed by atoms with Gasteiger partial charge in [-0.05, 0) is 48.9 Å². The van der Waals surface area contributed by atoms with Gasteiger partial charge in [0.05, 0.1) is 6.54 Å². The molecule has 1 saturated heterocycles. The molecular formula is C20H31N3O. The highest BCUT2D eigenvalue weighted by atomic mass is 16.2. The van der Waals surface area contributed by atoms with Crippen LogP contribution < -0.4 is 10.2 Å². The Morgan fingerprint density at radius 1 is 1.12 bits per heavy atom. The number of anilines is 1. The van der Waals surface area contributed by atoms with Gasteiger partial charge in [-0.2, -0.15) is 0 Å². The summed E-state index contributed by atoms with van der Waals surface area (Å²) in [5, 5.41) is 3.07. The minimum absolute atomic E-state index is 0.154. The summed E-state index contributed by atoms with van der Waals surface area (Å²) in [4.78, 5) is 16.7. The molecule has 0 unspecified atom stereocenters. The molecule has 0 aromatic heterocycles. The normalized spacial score (nSPS) is 24.2. The Labute approximate surface area is 146 Å². The van der Waals surface area contributed by atoms with Crippen molar-refractivity contribution in [3.05, 3.63) is 29.8 Å². The molecule has 1 aliphatic heterocycles. The molecule has 0 bridgehead atoms. The lowest BCUT2D eigenvalue weighted by Crippen LogP contribution is -2.46. The van der Waals surface area contributed by atoms with E-state index in [0.717, 1.165) is 30.5 Å². The van der Waals surface area contributed by atoms with E-state index in [1.807, 2.05) is 14.1 Å². The first-order chi connectivity index (χ1) is 11.6. The monoisotopic (exact) mass is 329 g/mol. The largest absolute Gasteiger partial charge is 0.378 e. The number of carbonyl (C=O) groups is 1. The van der Waals surface area contributed by atoms with Crippen molar-refractivity contribution in [1.82, 2.24) is 10.2 Å². The van der Waals surface area contributed by atoms with Crippen LogP contribution in [-0.2, 0) is 11.3 Å². The quantitative estimate of drug-likeness (QED) is 0.902. The number of carbonyl (C=O) groups excluding carboxylic acids is 1. The highest BCUT2D eigenvalue weighted by Crippen LogP contribution is 2.35. The number of rotatable bonds is 5. The number of hydrogen-bond donors (Lipinski definition) is 1. The van der Waals surface area contributed by atoms with Gasteiger partial charge in [0, 0.05) is 32.9 Å². The van der Waals surface area contributed by atoms with Gasteiger partial charge in [-0.25, -0.2) is 0 Å². The summed E-state index contributed by atoms with van der Waals surface area (Å²) in [7, 11) is 4.07. The van der Waals surface area contributed by atoms with Gasteiger partial charge >= 0.3 is 0 Å². The minimum atomic E-state index is 0.154. The molecule has 1 aliphatic carbocycles. The van der Waals surface area contributed by atoms with Gasteiger partial charge in [0.2, 0.25) is 5.91 Å². The number of nitrogens with one attached hydrogen (secondary N) is 1. The zero-order valence-corrected chi connectivity index (χ0v) is 15.1. The minimum Gasteiger partial charge on any atom is -0.378 e. The molecule has 0 radical (unpaired) electrons. The third-order valence-electron chi connectivity index (χ3n) is 5.68. The van der Waals surface area contributed by atoms with Crippen molar-refractivity contribution in [2.75, 3.05) is 38.6 Å². The van der Waals surface area contributed by atoms with Crippen LogP contribution in [-0.4, -0.2) is 44.5 Å². The van der Waals surface area contributed by atoms with Crippen molar-refractivity contribution >= 4 is 11.6 Å². The van der Waals surface area contributed by atoms with Crippen LogP contribution >= 0.6 is 0 Å². The van der Waals surface area contributed by atoms with Gasteiger partial charge in [0.25, 0.3) is 0 Å². The summed E-state index contributed by atoms with van der Waals surface area (Å²) in [5.74, 6) is 1.91. The van der Waals surface area contributed by atoms with E-state index < -0.39 is 0 Å². The second kappa shape index (κ2) is 8.02. The second-order valence-corrected chi connectivity index (χ2v) is 7.67. The Bertz CT molecular complexity index is 540. The number of benzene rings is 1. The Morgan fingerprint density at radius 2 is 1.83 bits per heavy atom. The fourth-order valence-corrected chi connectivity index (χ4v) is 4.19. The Morgan fingerprint density at radius 3 is 2.54 bits per heavy atom. The Kier molecular flexibility index (Phi) is 5.77. The zero-order chi connectivity index (χ0) is 16.9. The molecule has 4 heteroatoms. The van der Waals surface area contributed by atoms with Gasteiger partial charge in [-0.3, -0.25) is 9.69 Å². The van der Waals surface area contributed by atoms with E-state index in [4.69, 9.17) is 0 Å². The standard InChI is InChI=1S/C20H31N3O/c1-22(2)19-9-7-16(8-10-19)13-21-20(24)15-23-12-11-17-5-3-4-6-18(17)14-23/h7-10,17-18H,3-6,11-15H2,1-2H3,(H,21,24)/t17-,18-/m1/s1. The topological polar surface area (TPSA) is 35.6 Å². The van der Waals surface area contributed by atoms with Crippen LogP contribution in [0, 0.1) is 11.8 Å². The maximum Gasteiger partial charge on any atom is 0.234 e. The van der Waals surface area contributed by atoms with Crippen LogP contribution in [0.15, 0.2) is 24.3 Å². The average Bonchev–Trinajstić information content (AvgIpc) is 2.60. The van der Waals surface area contributed by atoms with Gasteiger partial charge in [-0.15, -0.1) is 0 Å². The maximum absolute atomic E-state index is 12.3. The van der Waals surface area contributed by atoms with Crippen molar-refractivity contribution in [2.45, 2.75) is 38.6 Å². The molecule has 2 aliphatic rings. The van der Waals surface area contributed by atoms with Crippen molar-refractivity contribution in [1.29, 1.82) is 0 Å². The molecule has 24 heavy (non-hydrogen) atoms. The molecule has 1 amide bonds. The molecule has 3 rings (SSSR count). The molecule has 1 heterocycles. The molecule has 1 saturated carbocycles. The van der Waals surface area contributed by atoms with Crippen LogP contribution in [0.1, 0.15) is 37.7 Å².